The van der Waals surface area contributed by atoms with Gasteiger partial charge in [0.2, 0.25) is 5.91 Å². The molecule has 0 aliphatic carbocycles. The number of benzene rings is 2. The van der Waals surface area contributed by atoms with E-state index in [4.69, 9.17) is 4.74 Å². The summed E-state index contributed by atoms with van der Waals surface area (Å²) in [6.45, 7) is 12.9. The number of nitrogens with one attached hydrogen (secondary N) is 1. The van der Waals surface area contributed by atoms with Crippen LogP contribution in [0.15, 0.2) is 42.5 Å². The van der Waals surface area contributed by atoms with Crippen molar-refractivity contribution < 1.29 is 14.3 Å². The average molecular weight is 425 g/mol. The predicted molar refractivity (Wildman–Crippen MR) is 125 cm³/mol. The summed E-state index contributed by atoms with van der Waals surface area (Å²) in [7, 11) is 0. The summed E-state index contributed by atoms with van der Waals surface area (Å²) in [5, 5.41) is 2.98. The molecule has 0 aliphatic heterocycles. The highest BCUT2D eigenvalue weighted by Crippen LogP contribution is 2.18. The van der Waals surface area contributed by atoms with Crippen LogP contribution in [-0.4, -0.2) is 35.9 Å². The first kappa shape index (κ1) is 24.4. The first-order chi connectivity index (χ1) is 14.7. The highest BCUT2D eigenvalue weighted by molar-refractivity contribution is 5.88. The van der Waals surface area contributed by atoms with E-state index in [2.05, 4.69) is 25.2 Å². The molecule has 0 radical (unpaired) electrons. The minimum Gasteiger partial charge on any atom is -0.484 e. The molecule has 31 heavy (non-hydrogen) atoms. The smallest absolute Gasteiger partial charge is 0.261 e. The Hall–Kier alpha value is -2.82. The van der Waals surface area contributed by atoms with Gasteiger partial charge in [-0.3, -0.25) is 9.59 Å². The van der Waals surface area contributed by atoms with Crippen LogP contribution in [0.1, 0.15) is 49.4 Å². The molecule has 0 fully saturated rings. The second-order valence-corrected chi connectivity index (χ2v) is 8.62. The van der Waals surface area contributed by atoms with Crippen molar-refractivity contribution in [1.82, 2.24) is 10.2 Å². The van der Waals surface area contributed by atoms with Crippen LogP contribution in [0.5, 0.6) is 5.75 Å². The van der Waals surface area contributed by atoms with E-state index >= 15 is 0 Å². The van der Waals surface area contributed by atoms with Crippen LogP contribution in [0.25, 0.3) is 0 Å². The molecule has 5 nitrogen and oxygen atoms in total. The summed E-state index contributed by atoms with van der Waals surface area (Å²) >= 11 is 0. The van der Waals surface area contributed by atoms with E-state index in [9.17, 15) is 9.59 Å². The molecule has 0 spiro atoms. The van der Waals surface area contributed by atoms with Gasteiger partial charge in [0.05, 0.1) is 0 Å². The van der Waals surface area contributed by atoms with Crippen molar-refractivity contribution in [1.29, 1.82) is 0 Å². The Labute approximate surface area is 186 Å². The van der Waals surface area contributed by atoms with Gasteiger partial charge in [0.1, 0.15) is 11.8 Å². The standard InChI is InChI=1S/C26H36N2O3/c1-7-24(26(30)27-15-18(2)3)28(16-22-11-9-8-10-21(22)6)25(29)17-31-23-13-19(4)12-20(5)14-23/h8-14,18,24H,7,15-17H2,1-6H3,(H,27,30). The zero-order chi connectivity index (χ0) is 23.0. The number of hydrogen-bond acceptors (Lipinski definition) is 3. The third kappa shape index (κ3) is 7.42. The molecule has 0 saturated heterocycles. The first-order valence-corrected chi connectivity index (χ1v) is 11.0. The van der Waals surface area contributed by atoms with E-state index in [1.807, 2.05) is 64.1 Å². The van der Waals surface area contributed by atoms with Gasteiger partial charge in [0.15, 0.2) is 6.61 Å². The van der Waals surface area contributed by atoms with Crippen molar-refractivity contribution in [3.8, 4) is 5.75 Å². The van der Waals surface area contributed by atoms with Crippen molar-refractivity contribution in [3.63, 3.8) is 0 Å². The fourth-order valence-electron chi connectivity index (χ4n) is 3.56. The molecule has 0 aromatic heterocycles. The first-order valence-electron chi connectivity index (χ1n) is 11.0. The molecule has 0 heterocycles. The Morgan fingerprint density at radius 1 is 1.03 bits per heavy atom. The Morgan fingerprint density at radius 3 is 2.26 bits per heavy atom. The molecule has 1 N–H and O–H groups in total. The lowest BCUT2D eigenvalue weighted by molar-refractivity contribution is -0.143. The number of rotatable bonds is 10. The van der Waals surface area contributed by atoms with Crippen molar-refractivity contribution in [3.05, 3.63) is 64.7 Å². The van der Waals surface area contributed by atoms with Crippen LogP contribution in [0.2, 0.25) is 0 Å². The van der Waals surface area contributed by atoms with E-state index in [-0.39, 0.29) is 18.4 Å². The molecule has 2 aromatic rings. The lowest BCUT2D eigenvalue weighted by atomic mass is 10.1. The van der Waals surface area contributed by atoms with Gasteiger partial charge in [0.25, 0.3) is 5.91 Å². The highest BCUT2D eigenvalue weighted by atomic mass is 16.5. The van der Waals surface area contributed by atoms with Crippen LogP contribution in [-0.2, 0) is 16.1 Å². The Morgan fingerprint density at radius 2 is 1.68 bits per heavy atom. The average Bonchev–Trinajstić information content (AvgIpc) is 2.71. The molecular formula is C26H36N2O3. The maximum atomic E-state index is 13.3. The van der Waals surface area contributed by atoms with Crippen molar-refractivity contribution in [2.45, 2.75) is 60.5 Å². The number of nitrogens with zero attached hydrogens (tertiary/aromatic N) is 1. The zero-order valence-corrected chi connectivity index (χ0v) is 19.7. The summed E-state index contributed by atoms with van der Waals surface area (Å²) < 4.78 is 5.83. The molecule has 2 amide bonds. The van der Waals surface area contributed by atoms with Crippen LogP contribution in [0, 0.1) is 26.7 Å². The third-order valence-corrected chi connectivity index (χ3v) is 5.23. The lowest BCUT2D eigenvalue weighted by Gasteiger charge is -2.31. The van der Waals surface area contributed by atoms with Gasteiger partial charge in [-0.15, -0.1) is 0 Å². The monoisotopic (exact) mass is 424 g/mol. The quantitative estimate of drug-likeness (QED) is 0.608. The summed E-state index contributed by atoms with van der Waals surface area (Å²) in [5.74, 6) is 0.687. The lowest BCUT2D eigenvalue weighted by Crippen LogP contribution is -2.50. The number of ether oxygens (including phenoxy) is 1. The number of amides is 2. The molecule has 5 heteroatoms. The SMILES string of the molecule is CCC(C(=O)NCC(C)C)N(Cc1ccccc1C)C(=O)COc1cc(C)cc(C)c1. The number of hydrogen-bond donors (Lipinski definition) is 1. The fraction of sp³-hybridized carbons (Fsp3) is 0.462. The van der Waals surface area contributed by atoms with Crippen molar-refractivity contribution in [2.24, 2.45) is 5.92 Å². The molecule has 2 rings (SSSR count). The Bertz CT molecular complexity index is 872. The molecular weight excluding hydrogens is 388 g/mol. The van der Waals surface area contributed by atoms with Crippen LogP contribution < -0.4 is 10.1 Å². The Balaban J connectivity index is 2.23. The second kappa shape index (κ2) is 11.5. The second-order valence-electron chi connectivity index (χ2n) is 8.62. The number of carbonyl (C=O) groups excluding carboxylic acids is 2. The van der Waals surface area contributed by atoms with E-state index in [1.165, 1.54) is 0 Å². The maximum absolute atomic E-state index is 13.3. The fourth-order valence-corrected chi connectivity index (χ4v) is 3.56. The molecule has 1 atom stereocenters. The molecule has 1 unspecified atom stereocenters. The van der Waals surface area contributed by atoms with Crippen LogP contribution >= 0.6 is 0 Å². The van der Waals surface area contributed by atoms with Gasteiger partial charge >= 0.3 is 0 Å². The zero-order valence-electron chi connectivity index (χ0n) is 19.7. The highest BCUT2D eigenvalue weighted by Gasteiger charge is 2.29. The van der Waals surface area contributed by atoms with Crippen molar-refractivity contribution in [2.75, 3.05) is 13.2 Å². The minimum absolute atomic E-state index is 0.108. The van der Waals surface area contributed by atoms with Gasteiger partial charge < -0.3 is 15.0 Å². The maximum Gasteiger partial charge on any atom is 0.261 e. The molecule has 0 saturated carbocycles. The molecule has 168 valence electrons. The minimum atomic E-state index is -0.547. The van der Waals surface area contributed by atoms with Gasteiger partial charge in [-0.05, 0) is 67.5 Å². The molecule has 2 aromatic carbocycles. The summed E-state index contributed by atoms with van der Waals surface area (Å²) in [6.07, 6.45) is 0.533. The molecule has 0 aliphatic rings. The van der Waals surface area contributed by atoms with Gasteiger partial charge in [0, 0.05) is 13.1 Å². The van der Waals surface area contributed by atoms with Crippen LogP contribution in [0.3, 0.4) is 0 Å². The summed E-state index contributed by atoms with van der Waals surface area (Å²) in [4.78, 5) is 27.8. The van der Waals surface area contributed by atoms with Gasteiger partial charge in [-0.2, -0.15) is 0 Å². The van der Waals surface area contributed by atoms with Gasteiger partial charge in [-0.1, -0.05) is 51.1 Å². The Kier molecular flexibility index (Phi) is 9.10. The normalized spacial score (nSPS) is 11.8. The van der Waals surface area contributed by atoms with E-state index in [0.717, 1.165) is 22.3 Å². The summed E-state index contributed by atoms with van der Waals surface area (Å²) in [5.41, 5.74) is 4.28. The van der Waals surface area contributed by atoms with E-state index < -0.39 is 6.04 Å². The van der Waals surface area contributed by atoms with Crippen molar-refractivity contribution >= 4 is 11.8 Å². The number of aryl methyl sites for hydroxylation is 3. The predicted octanol–water partition coefficient (Wildman–Crippen LogP) is 4.57. The largest absolute Gasteiger partial charge is 0.484 e. The summed E-state index contributed by atoms with van der Waals surface area (Å²) in [6, 6.07) is 13.3. The van der Waals surface area contributed by atoms with E-state index in [0.29, 0.717) is 31.2 Å². The third-order valence-electron chi connectivity index (χ3n) is 5.23. The van der Waals surface area contributed by atoms with Crippen LogP contribution in [0.4, 0.5) is 0 Å². The topological polar surface area (TPSA) is 58.6 Å². The van der Waals surface area contributed by atoms with E-state index in [1.54, 1.807) is 4.90 Å². The number of carbonyl (C=O) groups is 2. The van der Waals surface area contributed by atoms with Gasteiger partial charge in [-0.25, -0.2) is 0 Å². The molecule has 0 bridgehead atoms.